The number of imidazole rings is 1. The molecule has 4 aromatic rings. The molecule has 0 aliphatic carbocycles. The summed E-state index contributed by atoms with van der Waals surface area (Å²) < 4.78 is 7.92. The first-order valence-corrected chi connectivity index (χ1v) is 11.2. The number of esters is 1. The molecule has 3 aromatic carbocycles. The normalized spacial score (nSPS) is 11.6. The van der Waals surface area contributed by atoms with Crippen molar-refractivity contribution in [2.24, 2.45) is 0 Å². The zero-order valence-corrected chi connectivity index (χ0v) is 19.3. The van der Waals surface area contributed by atoms with E-state index >= 15 is 0 Å². The molecule has 1 heterocycles. The molecule has 4 heteroatoms. The maximum Gasteiger partial charge on any atom is 0.339 e. The van der Waals surface area contributed by atoms with Gasteiger partial charge in [0.1, 0.15) is 11.4 Å². The summed E-state index contributed by atoms with van der Waals surface area (Å²) in [5, 5.41) is 0. The first kappa shape index (κ1) is 21.8. The topological polar surface area (TPSA) is 44.1 Å². The van der Waals surface area contributed by atoms with E-state index in [0.29, 0.717) is 5.56 Å². The molecular formula is C28H30N2O2. The number of carbonyl (C=O) groups excluding carboxylic acids is 1. The van der Waals surface area contributed by atoms with Crippen LogP contribution in [0.3, 0.4) is 0 Å². The number of para-hydroxylation sites is 2. The zero-order valence-electron chi connectivity index (χ0n) is 19.3. The molecule has 0 fully saturated rings. The number of hydrogen-bond donors (Lipinski definition) is 0. The second kappa shape index (κ2) is 8.99. The highest BCUT2D eigenvalue weighted by Gasteiger charge is 2.20. The Balaban J connectivity index is 1.63. The van der Waals surface area contributed by atoms with E-state index in [2.05, 4.69) is 54.0 Å². The monoisotopic (exact) mass is 426 g/mol. The van der Waals surface area contributed by atoms with Crippen LogP contribution in [-0.2, 0) is 17.7 Å². The molecule has 0 aliphatic heterocycles. The highest BCUT2D eigenvalue weighted by atomic mass is 16.6. The van der Waals surface area contributed by atoms with Crippen molar-refractivity contribution in [3.8, 4) is 11.1 Å². The predicted molar refractivity (Wildman–Crippen MR) is 130 cm³/mol. The van der Waals surface area contributed by atoms with Gasteiger partial charge in [-0.1, -0.05) is 61.5 Å². The van der Waals surface area contributed by atoms with Gasteiger partial charge in [-0.05, 0) is 62.1 Å². The Morgan fingerprint density at radius 1 is 0.938 bits per heavy atom. The molecule has 0 atom stereocenters. The van der Waals surface area contributed by atoms with E-state index in [-0.39, 0.29) is 5.97 Å². The summed E-state index contributed by atoms with van der Waals surface area (Å²) in [5.41, 5.74) is 5.34. The maximum atomic E-state index is 12.7. The molecule has 0 amide bonds. The van der Waals surface area contributed by atoms with Crippen LogP contribution < -0.4 is 0 Å². The number of aryl methyl sites for hydroxylation is 1. The van der Waals surface area contributed by atoms with E-state index in [1.807, 2.05) is 51.1 Å². The van der Waals surface area contributed by atoms with Crippen LogP contribution in [0.4, 0.5) is 0 Å². The van der Waals surface area contributed by atoms with Gasteiger partial charge in [-0.3, -0.25) is 0 Å². The Morgan fingerprint density at radius 2 is 1.62 bits per heavy atom. The SMILES string of the molecule is CCCc1nc2ccccc2n1Cc1ccc(-c2ccccc2C(=O)OC(C)(C)C)cc1. The van der Waals surface area contributed by atoms with Crippen molar-refractivity contribution < 1.29 is 9.53 Å². The molecule has 0 unspecified atom stereocenters. The number of benzene rings is 3. The lowest BCUT2D eigenvalue weighted by Gasteiger charge is -2.20. The third kappa shape index (κ3) is 4.75. The number of ether oxygens (including phenoxy) is 1. The minimum absolute atomic E-state index is 0.300. The Labute approximate surface area is 189 Å². The molecule has 0 spiro atoms. The van der Waals surface area contributed by atoms with Gasteiger partial charge in [-0.15, -0.1) is 0 Å². The molecule has 4 rings (SSSR count). The zero-order chi connectivity index (χ0) is 22.7. The van der Waals surface area contributed by atoms with Gasteiger partial charge in [0.15, 0.2) is 0 Å². The van der Waals surface area contributed by atoms with Crippen molar-refractivity contribution in [2.45, 2.75) is 52.7 Å². The molecule has 0 aliphatic rings. The summed E-state index contributed by atoms with van der Waals surface area (Å²) in [6.07, 6.45) is 2.01. The van der Waals surface area contributed by atoms with Crippen LogP contribution >= 0.6 is 0 Å². The van der Waals surface area contributed by atoms with Crippen molar-refractivity contribution in [2.75, 3.05) is 0 Å². The quantitative estimate of drug-likeness (QED) is 0.324. The summed E-state index contributed by atoms with van der Waals surface area (Å²) in [6.45, 7) is 8.60. The summed E-state index contributed by atoms with van der Waals surface area (Å²) in [5.74, 6) is 0.819. The highest BCUT2D eigenvalue weighted by Crippen LogP contribution is 2.27. The van der Waals surface area contributed by atoms with Crippen LogP contribution in [0, 0.1) is 0 Å². The van der Waals surface area contributed by atoms with Crippen molar-refractivity contribution >= 4 is 17.0 Å². The van der Waals surface area contributed by atoms with Gasteiger partial charge in [-0.2, -0.15) is 0 Å². The molecule has 0 saturated carbocycles. The van der Waals surface area contributed by atoms with Gasteiger partial charge in [0.2, 0.25) is 0 Å². The van der Waals surface area contributed by atoms with Crippen LogP contribution in [0.5, 0.6) is 0 Å². The lowest BCUT2D eigenvalue weighted by atomic mass is 9.98. The minimum atomic E-state index is -0.530. The van der Waals surface area contributed by atoms with Gasteiger partial charge < -0.3 is 9.30 Å². The summed E-state index contributed by atoms with van der Waals surface area (Å²) in [7, 11) is 0. The Morgan fingerprint density at radius 3 is 2.34 bits per heavy atom. The smallest absolute Gasteiger partial charge is 0.339 e. The molecule has 4 nitrogen and oxygen atoms in total. The van der Waals surface area contributed by atoms with Crippen LogP contribution in [-0.4, -0.2) is 21.1 Å². The van der Waals surface area contributed by atoms with Gasteiger partial charge in [0.05, 0.1) is 16.6 Å². The Hall–Kier alpha value is -3.40. The third-order valence-corrected chi connectivity index (χ3v) is 5.36. The van der Waals surface area contributed by atoms with E-state index in [1.165, 1.54) is 5.56 Å². The molecule has 0 N–H and O–H groups in total. The van der Waals surface area contributed by atoms with Crippen molar-refractivity contribution in [3.63, 3.8) is 0 Å². The van der Waals surface area contributed by atoms with Crippen molar-refractivity contribution in [1.82, 2.24) is 9.55 Å². The second-order valence-corrected chi connectivity index (χ2v) is 9.10. The predicted octanol–water partition coefficient (Wildman–Crippen LogP) is 6.66. The second-order valence-electron chi connectivity index (χ2n) is 9.10. The number of fused-ring (bicyclic) bond motifs is 1. The maximum absolute atomic E-state index is 12.7. The molecule has 0 radical (unpaired) electrons. The van der Waals surface area contributed by atoms with Crippen molar-refractivity contribution in [3.05, 3.63) is 89.7 Å². The first-order valence-electron chi connectivity index (χ1n) is 11.2. The Bertz CT molecular complexity index is 1230. The van der Waals surface area contributed by atoms with E-state index in [4.69, 9.17) is 9.72 Å². The van der Waals surface area contributed by atoms with E-state index in [0.717, 1.165) is 47.4 Å². The summed E-state index contributed by atoms with van der Waals surface area (Å²) >= 11 is 0. The van der Waals surface area contributed by atoms with E-state index < -0.39 is 5.60 Å². The highest BCUT2D eigenvalue weighted by molar-refractivity contribution is 5.97. The lowest BCUT2D eigenvalue weighted by molar-refractivity contribution is 0.00704. The fraction of sp³-hybridized carbons (Fsp3) is 0.286. The molecule has 0 saturated heterocycles. The van der Waals surface area contributed by atoms with Crippen LogP contribution in [0.25, 0.3) is 22.2 Å². The van der Waals surface area contributed by atoms with Gasteiger partial charge >= 0.3 is 5.97 Å². The fourth-order valence-corrected chi connectivity index (χ4v) is 3.93. The molecule has 32 heavy (non-hydrogen) atoms. The number of nitrogens with zero attached hydrogens (tertiary/aromatic N) is 2. The molecule has 164 valence electrons. The largest absolute Gasteiger partial charge is 0.456 e. The lowest BCUT2D eigenvalue weighted by Crippen LogP contribution is -2.24. The molecule has 1 aromatic heterocycles. The molecular weight excluding hydrogens is 396 g/mol. The Kier molecular flexibility index (Phi) is 6.13. The van der Waals surface area contributed by atoms with Crippen LogP contribution in [0.2, 0.25) is 0 Å². The fourth-order valence-electron chi connectivity index (χ4n) is 3.93. The average molecular weight is 427 g/mol. The van der Waals surface area contributed by atoms with Gasteiger partial charge in [0.25, 0.3) is 0 Å². The van der Waals surface area contributed by atoms with Gasteiger partial charge in [0, 0.05) is 13.0 Å². The van der Waals surface area contributed by atoms with Crippen molar-refractivity contribution in [1.29, 1.82) is 0 Å². The number of rotatable bonds is 6. The third-order valence-electron chi connectivity index (χ3n) is 5.36. The van der Waals surface area contributed by atoms with Crippen LogP contribution in [0.15, 0.2) is 72.8 Å². The number of aromatic nitrogens is 2. The molecule has 0 bridgehead atoms. The minimum Gasteiger partial charge on any atom is -0.456 e. The standard InChI is InChI=1S/C28H30N2O2/c1-5-10-26-29-24-13-8-9-14-25(24)30(26)19-20-15-17-21(18-16-20)22-11-6-7-12-23(22)27(31)32-28(2,3)4/h6-9,11-18H,5,10,19H2,1-4H3. The van der Waals surface area contributed by atoms with Gasteiger partial charge in [-0.25, -0.2) is 9.78 Å². The van der Waals surface area contributed by atoms with E-state index in [1.54, 1.807) is 0 Å². The number of carbonyl (C=O) groups is 1. The average Bonchev–Trinajstić information content (AvgIpc) is 3.10. The first-order chi connectivity index (χ1) is 15.4. The van der Waals surface area contributed by atoms with E-state index in [9.17, 15) is 4.79 Å². The summed E-state index contributed by atoms with van der Waals surface area (Å²) in [4.78, 5) is 17.6. The number of hydrogen-bond acceptors (Lipinski definition) is 3. The summed E-state index contributed by atoms with van der Waals surface area (Å²) in [6, 6.07) is 24.3. The van der Waals surface area contributed by atoms with Crippen LogP contribution in [0.1, 0.15) is 55.9 Å².